The molecule has 3 aromatic heterocycles. The lowest BCUT2D eigenvalue weighted by molar-refractivity contribution is 0.0701. The van der Waals surface area contributed by atoms with Crippen LogP contribution in [0.5, 0.6) is 0 Å². The summed E-state index contributed by atoms with van der Waals surface area (Å²) in [5.74, 6) is -0.626. The first-order valence-corrected chi connectivity index (χ1v) is 9.82. The summed E-state index contributed by atoms with van der Waals surface area (Å²) < 4.78 is 0. The number of carboxylic acid groups (broad SMARTS) is 1. The van der Waals surface area contributed by atoms with Gasteiger partial charge in [-0.15, -0.1) is 22.7 Å². The molecule has 0 atom stereocenters. The molecule has 7 heteroatoms. The maximum atomic E-state index is 12.7. The number of nitrogens with zero attached hydrogens (tertiary/aromatic N) is 1. The van der Waals surface area contributed by atoms with E-state index in [0.29, 0.717) is 21.6 Å². The van der Waals surface area contributed by atoms with Gasteiger partial charge in [0.2, 0.25) is 0 Å². The number of aromatic amines is 1. The third-order valence-corrected chi connectivity index (χ3v) is 6.16. The molecular formula is C20H14N2O3S2. The Kier molecular flexibility index (Phi) is 4.47. The van der Waals surface area contributed by atoms with Gasteiger partial charge in [0.1, 0.15) is 15.5 Å². The van der Waals surface area contributed by atoms with Crippen LogP contribution >= 0.6 is 22.7 Å². The van der Waals surface area contributed by atoms with Crippen molar-refractivity contribution in [2.24, 2.45) is 0 Å². The van der Waals surface area contributed by atoms with Gasteiger partial charge in [-0.3, -0.25) is 4.79 Å². The monoisotopic (exact) mass is 394 g/mol. The van der Waals surface area contributed by atoms with E-state index in [-0.39, 0.29) is 10.4 Å². The van der Waals surface area contributed by atoms with E-state index in [4.69, 9.17) is 0 Å². The number of carbonyl (C=O) groups is 1. The quantitative estimate of drug-likeness (QED) is 0.528. The topological polar surface area (TPSA) is 83.0 Å². The average Bonchev–Trinajstić information content (AvgIpc) is 3.28. The largest absolute Gasteiger partial charge is 0.477 e. The minimum atomic E-state index is -1.05. The number of hydrogen-bond donors (Lipinski definition) is 2. The second-order valence-electron chi connectivity index (χ2n) is 5.90. The van der Waals surface area contributed by atoms with Crippen molar-refractivity contribution >= 4 is 50.5 Å². The van der Waals surface area contributed by atoms with E-state index in [0.717, 1.165) is 27.4 Å². The van der Waals surface area contributed by atoms with Crippen molar-refractivity contribution in [2.75, 3.05) is 0 Å². The highest BCUT2D eigenvalue weighted by molar-refractivity contribution is 7.20. The number of carboxylic acids is 1. The lowest BCUT2D eigenvalue weighted by Gasteiger charge is -2.07. The van der Waals surface area contributed by atoms with Crippen molar-refractivity contribution in [3.8, 4) is 0 Å². The number of H-pyrrole nitrogens is 1. The lowest BCUT2D eigenvalue weighted by atomic mass is 10.0. The zero-order chi connectivity index (χ0) is 19.0. The van der Waals surface area contributed by atoms with Crippen molar-refractivity contribution in [1.82, 2.24) is 9.97 Å². The summed E-state index contributed by atoms with van der Waals surface area (Å²) in [5, 5.41) is 11.7. The molecule has 0 aliphatic heterocycles. The second-order valence-corrected chi connectivity index (χ2v) is 7.87. The molecule has 4 rings (SSSR count). The van der Waals surface area contributed by atoms with Crippen LogP contribution in [0.1, 0.15) is 31.5 Å². The molecule has 0 bridgehead atoms. The first-order chi connectivity index (χ1) is 13.0. The Labute approximate surface area is 162 Å². The number of thiophene rings is 2. The molecule has 5 nitrogen and oxygen atoms in total. The smallest absolute Gasteiger partial charge is 0.346 e. The van der Waals surface area contributed by atoms with E-state index in [1.165, 1.54) is 0 Å². The summed E-state index contributed by atoms with van der Waals surface area (Å²) in [5.41, 5.74) is 1.82. The number of benzene rings is 1. The van der Waals surface area contributed by atoms with E-state index in [9.17, 15) is 14.7 Å². The van der Waals surface area contributed by atoms with Crippen molar-refractivity contribution in [1.29, 1.82) is 0 Å². The summed E-state index contributed by atoms with van der Waals surface area (Å²) in [6, 6.07) is 13.6. The van der Waals surface area contributed by atoms with Crippen molar-refractivity contribution in [3.05, 3.63) is 84.9 Å². The fourth-order valence-corrected chi connectivity index (χ4v) is 4.58. The van der Waals surface area contributed by atoms with Crippen molar-refractivity contribution in [2.45, 2.75) is 6.92 Å². The summed E-state index contributed by atoms with van der Waals surface area (Å²) in [4.78, 5) is 33.1. The van der Waals surface area contributed by atoms with Crippen LogP contribution in [-0.2, 0) is 0 Å². The van der Waals surface area contributed by atoms with E-state index in [2.05, 4.69) is 9.97 Å². The number of nitrogens with one attached hydrogen (secondary N) is 1. The molecule has 1 aromatic carbocycles. The standard InChI is InChI=1S/C20H14N2O3S2/c1-11-15-18(23)21-17(22-19(15)27-16(11)20(24)25)14(10-13-8-5-9-26-13)12-6-3-2-4-7-12/h2-10H,1H3,(H,24,25)(H,21,22,23). The molecule has 4 aromatic rings. The van der Waals surface area contributed by atoms with Crippen molar-refractivity contribution in [3.63, 3.8) is 0 Å². The van der Waals surface area contributed by atoms with E-state index in [1.54, 1.807) is 18.3 Å². The number of hydrogen-bond acceptors (Lipinski definition) is 5. The van der Waals surface area contributed by atoms with Gasteiger partial charge in [0.25, 0.3) is 5.56 Å². The number of aromatic carboxylic acids is 1. The summed E-state index contributed by atoms with van der Waals surface area (Å²) in [7, 11) is 0. The van der Waals surface area contributed by atoms with Gasteiger partial charge in [-0.25, -0.2) is 9.78 Å². The zero-order valence-corrected chi connectivity index (χ0v) is 15.9. The first-order valence-electron chi connectivity index (χ1n) is 8.12. The Morgan fingerprint density at radius 2 is 1.96 bits per heavy atom. The van der Waals surface area contributed by atoms with Gasteiger partial charge in [0.15, 0.2) is 0 Å². The predicted molar refractivity (Wildman–Crippen MR) is 110 cm³/mol. The fourth-order valence-electron chi connectivity index (χ4n) is 2.90. The molecule has 0 aliphatic carbocycles. The first kappa shape index (κ1) is 17.4. The third-order valence-electron chi connectivity index (χ3n) is 4.16. The molecule has 0 amide bonds. The molecule has 0 radical (unpaired) electrons. The minimum absolute atomic E-state index is 0.142. The van der Waals surface area contributed by atoms with Crippen LogP contribution < -0.4 is 5.56 Å². The van der Waals surface area contributed by atoms with Crippen LogP contribution in [0, 0.1) is 6.92 Å². The van der Waals surface area contributed by atoms with Crippen LogP contribution in [0.2, 0.25) is 0 Å². The van der Waals surface area contributed by atoms with Gasteiger partial charge in [-0.2, -0.15) is 0 Å². The molecule has 0 unspecified atom stereocenters. The molecule has 0 saturated heterocycles. The highest BCUT2D eigenvalue weighted by Crippen LogP contribution is 2.30. The number of fused-ring (bicyclic) bond motifs is 1. The Hall–Kier alpha value is -3.03. The molecular weight excluding hydrogens is 380 g/mol. The second kappa shape index (κ2) is 6.94. The molecule has 27 heavy (non-hydrogen) atoms. The lowest BCUT2D eigenvalue weighted by Crippen LogP contribution is -2.11. The van der Waals surface area contributed by atoms with Gasteiger partial charge < -0.3 is 10.1 Å². The third kappa shape index (κ3) is 3.22. The maximum absolute atomic E-state index is 12.7. The van der Waals surface area contributed by atoms with Gasteiger partial charge >= 0.3 is 5.97 Å². The average molecular weight is 394 g/mol. The Balaban J connectivity index is 1.97. The molecule has 134 valence electrons. The zero-order valence-electron chi connectivity index (χ0n) is 14.2. The number of rotatable bonds is 4. The number of aryl methyl sites for hydroxylation is 1. The van der Waals surface area contributed by atoms with Crippen LogP contribution in [-0.4, -0.2) is 21.0 Å². The van der Waals surface area contributed by atoms with Gasteiger partial charge in [0.05, 0.1) is 5.39 Å². The van der Waals surface area contributed by atoms with Crippen LogP contribution in [0.3, 0.4) is 0 Å². The highest BCUT2D eigenvalue weighted by atomic mass is 32.1. The number of aromatic nitrogens is 2. The summed E-state index contributed by atoms with van der Waals surface area (Å²) >= 11 is 2.61. The molecule has 0 aliphatic rings. The molecule has 3 heterocycles. The normalized spacial score (nSPS) is 11.8. The van der Waals surface area contributed by atoms with Gasteiger partial charge in [0, 0.05) is 10.5 Å². The molecule has 0 spiro atoms. The van der Waals surface area contributed by atoms with Crippen LogP contribution in [0.15, 0.2) is 52.6 Å². The Bertz CT molecular complexity index is 1220. The minimum Gasteiger partial charge on any atom is -0.477 e. The van der Waals surface area contributed by atoms with Crippen molar-refractivity contribution < 1.29 is 9.90 Å². The van der Waals surface area contributed by atoms with Gasteiger partial charge in [-0.05, 0) is 35.6 Å². The maximum Gasteiger partial charge on any atom is 0.346 e. The van der Waals surface area contributed by atoms with Crippen LogP contribution in [0.25, 0.3) is 21.9 Å². The molecule has 2 N–H and O–H groups in total. The molecule has 0 fully saturated rings. The van der Waals surface area contributed by atoms with E-state index < -0.39 is 5.97 Å². The van der Waals surface area contributed by atoms with E-state index >= 15 is 0 Å². The Morgan fingerprint density at radius 1 is 1.19 bits per heavy atom. The van der Waals surface area contributed by atoms with E-state index in [1.807, 2.05) is 53.9 Å². The summed E-state index contributed by atoms with van der Waals surface area (Å²) in [6.45, 7) is 1.64. The Morgan fingerprint density at radius 3 is 2.63 bits per heavy atom. The molecule has 0 saturated carbocycles. The fraction of sp³-hybridized carbons (Fsp3) is 0.0500. The predicted octanol–water partition coefficient (Wildman–Crippen LogP) is 4.64. The van der Waals surface area contributed by atoms with Crippen LogP contribution in [0.4, 0.5) is 0 Å². The van der Waals surface area contributed by atoms with Gasteiger partial charge in [-0.1, -0.05) is 36.4 Å². The summed E-state index contributed by atoms with van der Waals surface area (Å²) in [6.07, 6.45) is 1.97. The SMILES string of the molecule is Cc1c(C(=O)O)sc2nc(C(=Cc3cccs3)c3ccccc3)[nH]c(=O)c12. The highest BCUT2D eigenvalue weighted by Gasteiger charge is 2.20.